The quantitative estimate of drug-likeness (QED) is 0.470. The van der Waals surface area contributed by atoms with Gasteiger partial charge in [-0.1, -0.05) is 56.3 Å². The number of nitro benzene ring substituents is 1. The van der Waals surface area contributed by atoms with Gasteiger partial charge in [-0.2, -0.15) is 0 Å². The minimum atomic E-state index is -0.311. The summed E-state index contributed by atoms with van der Waals surface area (Å²) in [5.74, 6) is 0.333. The number of hydrogen-bond acceptors (Lipinski definition) is 2. The van der Waals surface area contributed by atoms with E-state index in [1.54, 1.807) is 6.07 Å². The largest absolute Gasteiger partial charge is 0.277 e. The maximum Gasteiger partial charge on any atom is 0.277 e. The molecule has 0 aliphatic heterocycles. The predicted molar refractivity (Wildman–Crippen MR) is 90.1 cm³/mol. The van der Waals surface area contributed by atoms with Crippen LogP contribution in [-0.2, 0) is 0 Å². The molecule has 3 aromatic carbocycles. The molecule has 3 aromatic rings. The molecule has 22 heavy (non-hydrogen) atoms. The highest BCUT2D eigenvalue weighted by Gasteiger charge is 2.17. The minimum absolute atomic E-state index is 0.152. The van der Waals surface area contributed by atoms with E-state index in [0.717, 1.165) is 21.9 Å². The van der Waals surface area contributed by atoms with Crippen molar-refractivity contribution in [2.24, 2.45) is 0 Å². The number of nitro groups is 1. The second-order valence-corrected chi connectivity index (χ2v) is 5.75. The summed E-state index contributed by atoms with van der Waals surface area (Å²) < 4.78 is 0. The zero-order chi connectivity index (χ0) is 15.7. The highest BCUT2D eigenvalue weighted by molar-refractivity contribution is 5.89. The van der Waals surface area contributed by atoms with Crippen LogP contribution in [0.25, 0.3) is 21.9 Å². The Morgan fingerprint density at radius 2 is 1.64 bits per heavy atom. The van der Waals surface area contributed by atoms with Gasteiger partial charge in [0.1, 0.15) is 0 Å². The lowest BCUT2D eigenvalue weighted by molar-refractivity contribution is -0.384. The lowest BCUT2D eigenvalue weighted by Gasteiger charge is -2.10. The van der Waals surface area contributed by atoms with Crippen LogP contribution in [0.3, 0.4) is 0 Å². The van der Waals surface area contributed by atoms with Crippen LogP contribution < -0.4 is 0 Å². The third-order valence-corrected chi connectivity index (χ3v) is 3.94. The highest BCUT2D eigenvalue weighted by atomic mass is 16.6. The van der Waals surface area contributed by atoms with Gasteiger partial charge in [-0.3, -0.25) is 10.1 Å². The van der Waals surface area contributed by atoms with E-state index in [-0.39, 0.29) is 10.6 Å². The summed E-state index contributed by atoms with van der Waals surface area (Å²) in [6.07, 6.45) is 0. The fraction of sp³-hybridized carbons (Fsp3) is 0.158. The standard InChI is InChI=1S/C19H17NO2/c1-13(2)15-9-10-19(20(21)22)18(12-15)17-8-7-14-5-3-4-6-16(14)11-17/h3-13H,1-2H3. The topological polar surface area (TPSA) is 43.1 Å². The highest BCUT2D eigenvalue weighted by Crippen LogP contribution is 2.34. The van der Waals surface area contributed by atoms with E-state index in [1.807, 2.05) is 54.6 Å². The van der Waals surface area contributed by atoms with Crippen molar-refractivity contribution in [1.29, 1.82) is 0 Å². The molecule has 0 spiro atoms. The monoisotopic (exact) mass is 291 g/mol. The van der Waals surface area contributed by atoms with E-state index < -0.39 is 0 Å². The van der Waals surface area contributed by atoms with Gasteiger partial charge in [0.25, 0.3) is 5.69 Å². The maximum atomic E-state index is 11.3. The molecule has 0 atom stereocenters. The summed E-state index contributed by atoms with van der Waals surface area (Å²) in [6, 6.07) is 19.4. The second kappa shape index (κ2) is 5.60. The molecule has 0 saturated heterocycles. The first-order valence-electron chi connectivity index (χ1n) is 7.34. The van der Waals surface area contributed by atoms with Gasteiger partial charge in [0.05, 0.1) is 10.5 Å². The van der Waals surface area contributed by atoms with E-state index in [2.05, 4.69) is 13.8 Å². The van der Waals surface area contributed by atoms with Gasteiger partial charge >= 0.3 is 0 Å². The Labute approximate surface area is 129 Å². The lowest BCUT2D eigenvalue weighted by Crippen LogP contribution is -1.95. The molecule has 0 aliphatic carbocycles. The van der Waals surface area contributed by atoms with Crippen molar-refractivity contribution in [2.45, 2.75) is 19.8 Å². The zero-order valence-electron chi connectivity index (χ0n) is 12.6. The molecule has 0 saturated carbocycles. The number of hydrogen-bond donors (Lipinski definition) is 0. The van der Waals surface area contributed by atoms with Gasteiger partial charge in [0.15, 0.2) is 0 Å². The van der Waals surface area contributed by atoms with Crippen molar-refractivity contribution < 1.29 is 4.92 Å². The summed E-state index contributed by atoms with van der Waals surface area (Å²) in [5, 5.41) is 13.6. The van der Waals surface area contributed by atoms with Crippen LogP contribution in [0.4, 0.5) is 5.69 Å². The predicted octanol–water partition coefficient (Wildman–Crippen LogP) is 5.54. The molecular formula is C19H17NO2. The second-order valence-electron chi connectivity index (χ2n) is 5.75. The van der Waals surface area contributed by atoms with Gasteiger partial charge in [0.2, 0.25) is 0 Å². The molecule has 0 unspecified atom stereocenters. The molecule has 0 bridgehead atoms. The molecule has 0 aliphatic rings. The van der Waals surface area contributed by atoms with Crippen LogP contribution in [0.15, 0.2) is 60.7 Å². The average Bonchev–Trinajstić information content (AvgIpc) is 2.53. The van der Waals surface area contributed by atoms with E-state index in [0.29, 0.717) is 11.5 Å². The number of nitrogens with zero attached hydrogens (tertiary/aromatic N) is 1. The van der Waals surface area contributed by atoms with Crippen molar-refractivity contribution in [3.63, 3.8) is 0 Å². The van der Waals surface area contributed by atoms with Gasteiger partial charge in [0, 0.05) is 6.07 Å². The van der Waals surface area contributed by atoms with Crippen LogP contribution >= 0.6 is 0 Å². The van der Waals surface area contributed by atoms with E-state index >= 15 is 0 Å². The first-order chi connectivity index (χ1) is 10.6. The number of fused-ring (bicyclic) bond motifs is 1. The van der Waals surface area contributed by atoms with Crippen LogP contribution in [0.2, 0.25) is 0 Å². The summed E-state index contributed by atoms with van der Waals surface area (Å²) in [4.78, 5) is 11.0. The Hall–Kier alpha value is -2.68. The maximum absolute atomic E-state index is 11.3. The first kappa shape index (κ1) is 14.3. The molecule has 0 aromatic heterocycles. The third kappa shape index (κ3) is 2.58. The fourth-order valence-corrected chi connectivity index (χ4v) is 2.66. The Morgan fingerprint density at radius 3 is 2.32 bits per heavy atom. The summed E-state index contributed by atoms with van der Waals surface area (Å²) in [7, 11) is 0. The first-order valence-corrected chi connectivity index (χ1v) is 7.34. The van der Waals surface area contributed by atoms with Gasteiger partial charge in [-0.05, 0) is 39.9 Å². The summed E-state index contributed by atoms with van der Waals surface area (Å²) in [5.41, 5.74) is 2.82. The van der Waals surface area contributed by atoms with Gasteiger partial charge < -0.3 is 0 Å². The summed E-state index contributed by atoms with van der Waals surface area (Å²) in [6.45, 7) is 4.18. The average molecular weight is 291 g/mol. The Balaban J connectivity index is 2.22. The molecule has 3 rings (SSSR count). The Morgan fingerprint density at radius 1 is 0.909 bits per heavy atom. The summed E-state index contributed by atoms with van der Waals surface area (Å²) >= 11 is 0. The molecule has 0 fully saturated rings. The zero-order valence-corrected chi connectivity index (χ0v) is 12.6. The number of rotatable bonds is 3. The van der Waals surface area contributed by atoms with E-state index in [9.17, 15) is 10.1 Å². The Kier molecular flexibility index (Phi) is 3.63. The van der Waals surface area contributed by atoms with Crippen LogP contribution in [0, 0.1) is 10.1 Å². The minimum Gasteiger partial charge on any atom is -0.258 e. The molecular weight excluding hydrogens is 274 g/mol. The fourth-order valence-electron chi connectivity index (χ4n) is 2.66. The normalized spacial score (nSPS) is 11.0. The smallest absolute Gasteiger partial charge is 0.258 e. The van der Waals surface area contributed by atoms with Crippen molar-refractivity contribution in [2.75, 3.05) is 0 Å². The van der Waals surface area contributed by atoms with Gasteiger partial charge in [-0.15, -0.1) is 0 Å². The van der Waals surface area contributed by atoms with Crippen molar-refractivity contribution in [1.82, 2.24) is 0 Å². The van der Waals surface area contributed by atoms with E-state index in [4.69, 9.17) is 0 Å². The molecule has 0 amide bonds. The van der Waals surface area contributed by atoms with Crippen LogP contribution in [0.1, 0.15) is 25.3 Å². The van der Waals surface area contributed by atoms with Crippen LogP contribution in [-0.4, -0.2) is 4.92 Å². The molecule has 0 N–H and O–H groups in total. The van der Waals surface area contributed by atoms with E-state index in [1.165, 1.54) is 0 Å². The SMILES string of the molecule is CC(C)c1ccc([N+](=O)[O-])c(-c2ccc3ccccc3c2)c1. The van der Waals surface area contributed by atoms with Crippen molar-refractivity contribution in [3.05, 3.63) is 76.3 Å². The number of benzene rings is 3. The van der Waals surface area contributed by atoms with Gasteiger partial charge in [-0.25, -0.2) is 0 Å². The lowest BCUT2D eigenvalue weighted by atomic mass is 9.94. The Bertz CT molecular complexity index is 853. The van der Waals surface area contributed by atoms with Crippen LogP contribution in [0.5, 0.6) is 0 Å². The molecule has 0 heterocycles. The van der Waals surface area contributed by atoms with Crippen molar-refractivity contribution in [3.8, 4) is 11.1 Å². The molecule has 3 nitrogen and oxygen atoms in total. The molecule has 110 valence electrons. The third-order valence-electron chi connectivity index (χ3n) is 3.94. The molecule has 0 radical (unpaired) electrons. The molecule has 3 heteroatoms. The van der Waals surface area contributed by atoms with Crippen molar-refractivity contribution >= 4 is 16.5 Å².